The van der Waals surface area contributed by atoms with Crippen molar-refractivity contribution in [3.8, 4) is 0 Å². The highest BCUT2D eigenvalue weighted by molar-refractivity contribution is 6.07. The normalized spacial score (nSPS) is 14.7. The zero-order valence-electron chi connectivity index (χ0n) is 13.3. The molecule has 1 N–H and O–H groups in total. The summed E-state index contributed by atoms with van der Waals surface area (Å²) < 4.78 is 4.47. The molecule has 1 fully saturated rings. The summed E-state index contributed by atoms with van der Waals surface area (Å²) in [6.07, 6.45) is 3.91. The predicted molar refractivity (Wildman–Crippen MR) is 86.1 cm³/mol. The average Bonchev–Trinajstić information content (AvgIpc) is 2.83. The van der Waals surface area contributed by atoms with E-state index >= 15 is 0 Å². The average molecular weight is 318 g/mol. The van der Waals surface area contributed by atoms with E-state index in [1.54, 1.807) is 24.3 Å². The number of anilines is 1. The first kappa shape index (κ1) is 17.0. The lowest BCUT2D eigenvalue weighted by atomic mass is 10.1. The molecule has 0 atom stereocenters. The van der Waals surface area contributed by atoms with Crippen molar-refractivity contribution in [1.82, 2.24) is 4.90 Å². The lowest BCUT2D eigenvalue weighted by Gasteiger charge is -2.21. The molecule has 1 saturated heterocycles. The molecule has 1 aromatic carbocycles. The van der Waals surface area contributed by atoms with E-state index in [0.717, 1.165) is 38.8 Å². The van der Waals surface area contributed by atoms with Crippen molar-refractivity contribution in [3.05, 3.63) is 29.8 Å². The molecule has 0 unspecified atom stereocenters. The molecule has 0 radical (unpaired) electrons. The summed E-state index contributed by atoms with van der Waals surface area (Å²) in [5.41, 5.74) is 0.878. The fraction of sp³-hybridized carbons (Fsp3) is 0.471. The third kappa shape index (κ3) is 4.81. The zero-order chi connectivity index (χ0) is 16.7. The fourth-order valence-corrected chi connectivity index (χ4v) is 2.62. The van der Waals surface area contributed by atoms with E-state index < -0.39 is 11.9 Å². The number of likely N-dealkylation sites (tertiary alicyclic amines) is 1. The van der Waals surface area contributed by atoms with Gasteiger partial charge >= 0.3 is 5.97 Å². The Morgan fingerprint density at radius 1 is 1.09 bits per heavy atom. The van der Waals surface area contributed by atoms with Crippen molar-refractivity contribution in [1.29, 1.82) is 0 Å². The second kappa shape index (κ2) is 8.31. The number of hydrogen-bond donors (Lipinski definition) is 1. The Bertz CT molecular complexity index is 578. The van der Waals surface area contributed by atoms with Crippen LogP contribution in [0.15, 0.2) is 24.3 Å². The van der Waals surface area contributed by atoms with Crippen LogP contribution in [-0.4, -0.2) is 42.9 Å². The molecule has 2 rings (SSSR count). The van der Waals surface area contributed by atoms with Gasteiger partial charge in [0.25, 0.3) is 5.91 Å². The highest BCUT2D eigenvalue weighted by atomic mass is 16.5. The van der Waals surface area contributed by atoms with Gasteiger partial charge in [0, 0.05) is 13.1 Å². The van der Waals surface area contributed by atoms with Crippen molar-refractivity contribution in [2.75, 3.05) is 25.5 Å². The molecular weight excluding hydrogens is 296 g/mol. The summed E-state index contributed by atoms with van der Waals surface area (Å²) in [6, 6.07) is 6.87. The van der Waals surface area contributed by atoms with Crippen molar-refractivity contribution in [2.45, 2.75) is 32.1 Å². The highest BCUT2D eigenvalue weighted by Gasteiger charge is 2.21. The number of benzene rings is 1. The third-order valence-electron chi connectivity index (χ3n) is 3.86. The van der Waals surface area contributed by atoms with E-state index in [1.807, 2.05) is 4.90 Å². The van der Waals surface area contributed by atoms with Gasteiger partial charge in [0.05, 0.1) is 18.4 Å². The first-order chi connectivity index (χ1) is 11.1. The maximum Gasteiger partial charge on any atom is 0.315 e. The largest absolute Gasteiger partial charge is 0.469 e. The Morgan fingerprint density at radius 2 is 1.74 bits per heavy atom. The van der Waals surface area contributed by atoms with E-state index in [2.05, 4.69) is 10.1 Å². The molecule has 124 valence electrons. The Hall–Kier alpha value is -2.37. The smallest absolute Gasteiger partial charge is 0.315 e. The van der Waals surface area contributed by atoms with Gasteiger partial charge in [-0.3, -0.25) is 14.4 Å². The van der Waals surface area contributed by atoms with Crippen LogP contribution in [0, 0.1) is 0 Å². The Kier molecular flexibility index (Phi) is 6.14. The minimum absolute atomic E-state index is 0.0825. The monoisotopic (exact) mass is 318 g/mol. The number of methoxy groups -OCH3 is 1. The molecule has 0 saturated carbocycles. The number of amides is 2. The van der Waals surface area contributed by atoms with Crippen molar-refractivity contribution in [3.63, 3.8) is 0 Å². The number of nitrogens with one attached hydrogen (secondary N) is 1. The molecule has 1 aliphatic rings. The van der Waals surface area contributed by atoms with Gasteiger partial charge in [0.1, 0.15) is 6.42 Å². The number of para-hydroxylation sites is 1. The van der Waals surface area contributed by atoms with Gasteiger partial charge in [-0.2, -0.15) is 0 Å². The SMILES string of the molecule is COC(=O)CC(=O)Nc1ccccc1C(=O)N1CCCCCC1. The van der Waals surface area contributed by atoms with Gasteiger partial charge in [-0.05, 0) is 25.0 Å². The van der Waals surface area contributed by atoms with Crippen molar-refractivity contribution < 1.29 is 19.1 Å². The van der Waals surface area contributed by atoms with Crippen LogP contribution in [0.4, 0.5) is 5.69 Å². The molecule has 0 bridgehead atoms. The van der Waals surface area contributed by atoms with Crippen LogP contribution in [0.5, 0.6) is 0 Å². The molecule has 1 aromatic rings. The van der Waals surface area contributed by atoms with E-state index in [1.165, 1.54) is 7.11 Å². The summed E-state index contributed by atoms with van der Waals surface area (Å²) in [5, 5.41) is 2.62. The highest BCUT2D eigenvalue weighted by Crippen LogP contribution is 2.20. The zero-order valence-corrected chi connectivity index (χ0v) is 13.3. The van der Waals surface area contributed by atoms with Gasteiger partial charge in [-0.25, -0.2) is 0 Å². The molecule has 2 amide bonds. The lowest BCUT2D eigenvalue weighted by molar-refractivity contribution is -0.142. The first-order valence-corrected chi connectivity index (χ1v) is 7.87. The minimum atomic E-state index is -0.612. The fourth-order valence-electron chi connectivity index (χ4n) is 2.62. The van der Waals surface area contributed by atoms with Crippen LogP contribution >= 0.6 is 0 Å². The second-order valence-electron chi connectivity index (χ2n) is 5.55. The molecule has 6 heteroatoms. The molecular formula is C17H22N2O4. The van der Waals surface area contributed by atoms with E-state index in [4.69, 9.17) is 0 Å². The maximum absolute atomic E-state index is 12.7. The topological polar surface area (TPSA) is 75.7 Å². The summed E-state index contributed by atoms with van der Waals surface area (Å²) >= 11 is 0. The maximum atomic E-state index is 12.7. The quantitative estimate of drug-likeness (QED) is 0.682. The number of carbonyl (C=O) groups is 3. The van der Waals surface area contributed by atoms with Crippen LogP contribution in [0.1, 0.15) is 42.5 Å². The summed E-state index contributed by atoms with van der Waals surface area (Å²) in [4.78, 5) is 37.6. The third-order valence-corrected chi connectivity index (χ3v) is 3.86. The Balaban J connectivity index is 2.11. The Labute approximate surface area is 135 Å². The van der Waals surface area contributed by atoms with Gasteiger partial charge in [0.15, 0.2) is 0 Å². The second-order valence-corrected chi connectivity index (χ2v) is 5.55. The molecule has 0 spiro atoms. The molecule has 1 aliphatic heterocycles. The molecule has 23 heavy (non-hydrogen) atoms. The number of carbonyl (C=O) groups excluding carboxylic acids is 3. The van der Waals surface area contributed by atoms with Crippen LogP contribution in [0.25, 0.3) is 0 Å². The number of hydrogen-bond acceptors (Lipinski definition) is 4. The van der Waals surface area contributed by atoms with Gasteiger partial charge in [0.2, 0.25) is 5.91 Å². The van der Waals surface area contributed by atoms with Crippen LogP contribution in [-0.2, 0) is 14.3 Å². The number of ether oxygens (including phenoxy) is 1. The Morgan fingerprint density at radius 3 is 2.39 bits per heavy atom. The summed E-state index contributed by atoms with van der Waals surface area (Å²) in [5.74, 6) is -1.19. The van der Waals surface area contributed by atoms with E-state index in [-0.39, 0.29) is 12.3 Å². The van der Waals surface area contributed by atoms with Crippen LogP contribution in [0.2, 0.25) is 0 Å². The lowest BCUT2D eigenvalue weighted by Crippen LogP contribution is -2.32. The van der Waals surface area contributed by atoms with E-state index in [0.29, 0.717) is 11.3 Å². The summed E-state index contributed by atoms with van der Waals surface area (Å²) in [7, 11) is 1.23. The molecule has 6 nitrogen and oxygen atoms in total. The van der Waals surface area contributed by atoms with Crippen molar-refractivity contribution >= 4 is 23.5 Å². The molecule has 0 aliphatic carbocycles. The van der Waals surface area contributed by atoms with Gasteiger partial charge in [-0.1, -0.05) is 25.0 Å². The first-order valence-electron chi connectivity index (χ1n) is 7.87. The molecule has 0 aromatic heterocycles. The number of rotatable bonds is 4. The van der Waals surface area contributed by atoms with Gasteiger partial charge in [-0.15, -0.1) is 0 Å². The van der Waals surface area contributed by atoms with Crippen LogP contribution < -0.4 is 5.32 Å². The standard InChI is InChI=1S/C17H22N2O4/c1-23-16(21)12-15(20)18-14-9-5-4-8-13(14)17(22)19-10-6-2-3-7-11-19/h4-5,8-9H,2-3,6-7,10-12H2,1H3,(H,18,20). The van der Waals surface area contributed by atoms with Gasteiger partial charge < -0.3 is 15.0 Å². The van der Waals surface area contributed by atoms with Crippen molar-refractivity contribution in [2.24, 2.45) is 0 Å². The number of esters is 1. The summed E-state index contributed by atoms with van der Waals surface area (Å²) in [6.45, 7) is 1.48. The predicted octanol–water partition coefficient (Wildman–Crippen LogP) is 2.20. The minimum Gasteiger partial charge on any atom is -0.469 e. The van der Waals surface area contributed by atoms with Crippen LogP contribution in [0.3, 0.4) is 0 Å². The van der Waals surface area contributed by atoms with E-state index in [9.17, 15) is 14.4 Å². The molecule has 1 heterocycles. The number of nitrogens with zero attached hydrogens (tertiary/aromatic N) is 1.